The van der Waals surface area contributed by atoms with Crippen molar-refractivity contribution in [2.75, 3.05) is 11.4 Å². The van der Waals surface area contributed by atoms with Gasteiger partial charge in [-0.05, 0) is 35.4 Å². The number of amides is 1. The van der Waals surface area contributed by atoms with Crippen LogP contribution in [0, 0.1) is 0 Å². The summed E-state index contributed by atoms with van der Waals surface area (Å²) in [5, 5.41) is 16.0. The molecule has 1 aromatic heterocycles. The molecule has 0 saturated heterocycles. The molecule has 0 spiro atoms. The monoisotopic (exact) mass is 565 g/mol. The average Bonchev–Trinajstić information content (AvgIpc) is 3.41. The number of thiazole rings is 1. The zero-order chi connectivity index (χ0) is 27.1. The van der Waals surface area contributed by atoms with E-state index in [-0.39, 0.29) is 6.42 Å². The highest BCUT2D eigenvalue weighted by molar-refractivity contribution is 7.14. The summed E-state index contributed by atoms with van der Waals surface area (Å²) in [6, 6.07) is 20.7. The van der Waals surface area contributed by atoms with Gasteiger partial charge in [0, 0.05) is 36.0 Å². The Morgan fingerprint density at radius 3 is 2.42 bits per heavy atom. The zero-order valence-corrected chi connectivity index (χ0v) is 22.6. The number of anilines is 1. The number of nitrogens with zero attached hydrogens (tertiary/aromatic N) is 2. The number of aromatic nitrogens is 1. The Balaban J connectivity index is 1.43. The van der Waals surface area contributed by atoms with Crippen LogP contribution in [0.4, 0.5) is 5.13 Å². The summed E-state index contributed by atoms with van der Waals surface area (Å²) >= 11 is 13.7. The molecule has 0 saturated carbocycles. The number of aliphatic carboxylic acids is 1. The highest BCUT2D eigenvalue weighted by Gasteiger charge is 2.21. The molecule has 0 aliphatic heterocycles. The molecule has 1 amide bonds. The molecule has 4 aromatic rings. The molecule has 6 nitrogen and oxygen atoms in total. The molecule has 194 valence electrons. The summed E-state index contributed by atoms with van der Waals surface area (Å²) in [5.41, 5.74) is 3.87. The van der Waals surface area contributed by atoms with E-state index in [0.717, 1.165) is 27.5 Å². The number of halogens is 2. The van der Waals surface area contributed by atoms with Gasteiger partial charge < -0.3 is 15.3 Å². The Bertz CT molecular complexity index is 1420. The van der Waals surface area contributed by atoms with Crippen molar-refractivity contribution >= 4 is 51.5 Å². The lowest BCUT2D eigenvalue weighted by Crippen LogP contribution is -2.42. The number of carboxylic acids is 1. The van der Waals surface area contributed by atoms with E-state index in [0.29, 0.717) is 28.7 Å². The van der Waals surface area contributed by atoms with Crippen LogP contribution in [0.25, 0.3) is 11.3 Å². The molecule has 1 heterocycles. The second kappa shape index (κ2) is 12.7. The highest BCUT2D eigenvalue weighted by atomic mass is 35.5. The first kappa shape index (κ1) is 27.4. The molecular formula is C29H25Cl2N3O3S. The van der Waals surface area contributed by atoms with Crippen LogP contribution in [0.15, 0.2) is 90.8 Å². The lowest BCUT2D eigenvalue weighted by molar-refractivity contribution is -0.139. The third-order valence-electron chi connectivity index (χ3n) is 5.80. The molecule has 38 heavy (non-hydrogen) atoms. The maximum absolute atomic E-state index is 12.8. The number of carbonyl (C=O) groups excluding carboxylic acids is 1. The quantitative estimate of drug-likeness (QED) is 0.197. The summed E-state index contributed by atoms with van der Waals surface area (Å²) in [6.07, 6.45) is 2.01. The molecule has 9 heteroatoms. The maximum atomic E-state index is 12.8. The van der Waals surface area contributed by atoms with Crippen molar-refractivity contribution in [3.8, 4) is 11.3 Å². The van der Waals surface area contributed by atoms with Gasteiger partial charge in [-0.2, -0.15) is 0 Å². The van der Waals surface area contributed by atoms with Gasteiger partial charge in [-0.1, -0.05) is 77.8 Å². The minimum Gasteiger partial charge on any atom is -0.480 e. The normalized spacial score (nSPS) is 11.5. The molecule has 3 aromatic carbocycles. The van der Waals surface area contributed by atoms with Gasteiger partial charge in [0.15, 0.2) is 5.13 Å². The predicted octanol–water partition coefficient (Wildman–Crippen LogP) is 6.74. The molecule has 0 radical (unpaired) electrons. The molecule has 0 aliphatic carbocycles. The Morgan fingerprint density at radius 2 is 1.76 bits per heavy atom. The van der Waals surface area contributed by atoms with Crippen LogP contribution in [0.3, 0.4) is 0 Å². The highest BCUT2D eigenvalue weighted by Crippen LogP contribution is 2.32. The SMILES string of the molecule is C=CCN(Cc1ccc(C(=O)NC(Cc2ccccc2)C(=O)O)cc1)c1nc(-c2ccc(Cl)c(Cl)c2)cs1. The van der Waals surface area contributed by atoms with Gasteiger partial charge in [0.2, 0.25) is 0 Å². The van der Waals surface area contributed by atoms with Gasteiger partial charge in [-0.15, -0.1) is 17.9 Å². The second-order valence-electron chi connectivity index (χ2n) is 8.56. The smallest absolute Gasteiger partial charge is 0.326 e. The van der Waals surface area contributed by atoms with Gasteiger partial charge >= 0.3 is 5.97 Å². The van der Waals surface area contributed by atoms with E-state index in [4.69, 9.17) is 28.2 Å². The fourth-order valence-corrected chi connectivity index (χ4v) is 4.98. The van der Waals surface area contributed by atoms with E-state index in [2.05, 4.69) is 16.8 Å². The van der Waals surface area contributed by atoms with Crippen molar-refractivity contribution in [1.82, 2.24) is 10.3 Å². The molecule has 0 aliphatic rings. The number of hydrogen-bond donors (Lipinski definition) is 2. The standard InChI is InChI=1S/C29H25Cl2N3O3S/c1-2-14-34(29-33-26(18-38-29)22-12-13-23(30)24(31)16-22)17-20-8-10-21(11-9-20)27(35)32-25(28(36)37)15-19-6-4-3-5-7-19/h2-13,16,18,25H,1,14-15,17H2,(H,32,35)(H,36,37). The van der Waals surface area contributed by atoms with Gasteiger partial charge in [-0.25, -0.2) is 9.78 Å². The minimum absolute atomic E-state index is 0.203. The van der Waals surface area contributed by atoms with Crippen molar-refractivity contribution in [1.29, 1.82) is 0 Å². The Hall–Kier alpha value is -3.65. The predicted molar refractivity (Wildman–Crippen MR) is 154 cm³/mol. The Labute approximate surface area is 235 Å². The van der Waals surface area contributed by atoms with Crippen LogP contribution in [-0.4, -0.2) is 34.6 Å². The maximum Gasteiger partial charge on any atom is 0.326 e. The first-order valence-electron chi connectivity index (χ1n) is 11.8. The number of rotatable bonds is 11. The van der Waals surface area contributed by atoms with Crippen molar-refractivity contribution in [3.05, 3.63) is 118 Å². The van der Waals surface area contributed by atoms with E-state index in [9.17, 15) is 14.7 Å². The average molecular weight is 567 g/mol. The molecular weight excluding hydrogens is 541 g/mol. The van der Waals surface area contributed by atoms with Gasteiger partial charge in [0.25, 0.3) is 5.91 Å². The van der Waals surface area contributed by atoms with Gasteiger partial charge in [0.05, 0.1) is 15.7 Å². The van der Waals surface area contributed by atoms with E-state index >= 15 is 0 Å². The largest absolute Gasteiger partial charge is 0.480 e. The molecule has 0 fully saturated rings. The van der Waals surface area contributed by atoms with E-state index in [1.165, 1.54) is 11.3 Å². The molecule has 1 atom stereocenters. The number of hydrogen-bond acceptors (Lipinski definition) is 5. The van der Waals surface area contributed by atoms with Crippen LogP contribution in [-0.2, 0) is 17.8 Å². The molecule has 2 N–H and O–H groups in total. The fraction of sp³-hybridized carbons (Fsp3) is 0.138. The summed E-state index contributed by atoms with van der Waals surface area (Å²) in [7, 11) is 0. The Morgan fingerprint density at radius 1 is 1.03 bits per heavy atom. The second-order valence-corrected chi connectivity index (χ2v) is 10.2. The first-order chi connectivity index (χ1) is 18.3. The Kier molecular flexibility index (Phi) is 9.18. The van der Waals surface area contributed by atoms with E-state index in [1.54, 1.807) is 30.3 Å². The fourth-order valence-electron chi connectivity index (χ4n) is 3.84. The van der Waals surface area contributed by atoms with E-state index in [1.807, 2.05) is 53.9 Å². The number of nitrogens with one attached hydrogen (secondary N) is 1. The third kappa shape index (κ3) is 7.01. The summed E-state index contributed by atoms with van der Waals surface area (Å²) in [6.45, 7) is 4.99. The van der Waals surface area contributed by atoms with Crippen LogP contribution in [0.5, 0.6) is 0 Å². The van der Waals surface area contributed by atoms with Crippen molar-refractivity contribution in [2.24, 2.45) is 0 Å². The third-order valence-corrected chi connectivity index (χ3v) is 7.44. The first-order valence-corrected chi connectivity index (χ1v) is 13.4. The van der Waals surface area contributed by atoms with Gasteiger partial charge in [0.1, 0.15) is 6.04 Å². The molecule has 1 unspecified atom stereocenters. The molecule has 4 rings (SSSR count). The van der Waals surface area contributed by atoms with Crippen molar-refractivity contribution in [2.45, 2.75) is 19.0 Å². The zero-order valence-electron chi connectivity index (χ0n) is 20.3. The lowest BCUT2D eigenvalue weighted by Gasteiger charge is -2.20. The topological polar surface area (TPSA) is 82.5 Å². The summed E-state index contributed by atoms with van der Waals surface area (Å²) in [4.78, 5) is 31.3. The van der Waals surface area contributed by atoms with Crippen LogP contribution in [0.2, 0.25) is 10.0 Å². The van der Waals surface area contributed by atoms with Crippen LogP contribution in [0.1, 0.15) is 21.5 Å². The summed E-state index contributed by atoms with van der Waals surface area (Å²) in [5.74, 6) is -1.52. The van der Waals surface area contributed by atoms with Crippen LogP contribution >= 0.6 is 34.5 Å². The van der Waals surface area contributed by atoms with Crippen molar-refractivity contribution in [3.63, 3.8) is 0 Å². The number of benzene rings is 3. The van der Waals surface area contributed by atoms with E-state index < -0.39 is 17.9 Å². The van der Waals surface area contributed by atoms with Gasteiger partial charge in [-0.3, -0.25) is 4.79 Å². The molecule has 0 bridgehead atoms. The lowest BCUT2D eigenvalue weighted by atomic mass is 10.1. The summed E-state index contributed by atoms with van der Waals surface area (Å²) < 4.78 is 0. The minimum atomic E-state index is -1.08. The van der Waals surface area contributed by atoms with Crippen LogP contribution < -0.4 is 10.2 Å². The van der Waals surface area contributed by atoms with Crippen molar-refractivity contribution < 1.29 is 14.7 Å². The number of carbonyl (C=O) groups is 2. The number of carboxylic acid groups (broad SMARTS) is 1.